The maximum Gasteiger partial charge on any atom is 0.495 e. The second-order valence-corrected chi connectivity index (χ2v) is 8.79. The first kappa shape index (κ1) is 17.4. The van der Waals surface area contributed by atoms with Crippen molar-refractivity contribution in [2.75, 3.05) is 0 Å². The van der Waals surface area contributed by atoms with Crippen LogP contribution in [0.4, 0.5) is 0 Å². The number of rotatable bonds is 2. The Hall–Kier alpha value is -1.41. The average molecular weight is 347 g/mol. The summed E-state index contributed by atoms with van der Waals surface area (Å²) in [7, 11) is -4.39. The van der Waals surface area contributed by atoms with Crippen molar-refractivity contribution in [2.45, 2.75) is 50.7 Å². The van der Waals surface area contributed by atoms with Crippen LogP contribution in [0.1, 0.15) is 33.3 Å². The van der Waals surface area contributed by atoms with Gasteiger partial charge in [-0.1, -0.05) is 30.3 Å². The number of sulfonamides is 1. The van der Waals surface area contributed by atoms with Gasteiger partial charge in [0.2, 0.25) is 10.0 Å². The summed E-state index contributed by atoms with van der Waals surface area (Å²) in [4.78, 5) is 0.151. The van der Waals surface area contributed by atoms with Gasteiger partial charge in [0.1, 0.15) is 0 Å². The van der Waals surface area contributed by atoms with E-state index < -0.39 is 28.3 Å². The molecule has 0 unspecified atom stereocenters. The van der Waals surface area contributed by atoms with E-state index in [-0.39, 0.29) is 4.90 Å². The van der Waals surface area contributed by atoms with E-state index in [0.29, 0.717) is 10.9 Å². The lowest BCUT2D eigenvalue weighted by molar-refractivity contribution is 0.00578. The third-order valence-corrected chi connectivity index (χ3v) is 6.15. The van der Waals surface area contributed by atoms with E-state index in [9.17, 15) is 8.42 Å². The lowest BCUT2D eigenvalue weighted by atomic mass is 9.76. The highest BCUT2D eigenvalue weighted by atomic mass is 32.2. The summed E-state index contributed by atoms with van der Waals surface area (Å²) < 4.78 is 36.3. The van der Waals surface area contributed by atoms with Crippen LogP contribution in [0, 0.1) is 6.92 Å². The van der Waals surface area contributed by atoms with Crippen molar-refractivity contribution in [3.05, 3.63) is 35.9 Å². The Bertz CT molecular complexity index is 906. The molecule has 1 saturated heterocycles. The molecule has 24 heavy (non-hydrogen) atoms. The molecular weight excluding hydrogens is 325 g/mol. The molecule has 128 valence electrons. The van der Waals surface area contributed by atoms with E-state index in [1.165, 1.54) is 0 Å². The van der Waals surface area contributed by atoms with Crippen LogP contribution in [-0.2, 0) is 19.3 Å². The van der Waals surface area contributed by atoms with E-state index in [0.717, 1.165) is 10.8 Å². The van der Waals surface area contributed by atoms with Gasteiger partial charge in [0.05, 0.1) is 16.1 Å². The fourth-order valence-corrected chi connectivity index (χ4v) is 4.02. The van der Waals surface area contributed by atoms with E-state index >= 15 is 0 Å². The zero-order valence-electron chi connectivity index (χ0n) is 14.6. The van der Waals surface area contributed by atoms with Crippen molar-refractivity contribution in [1.29, 1.82) is 0 Å². The first-order chi connectivity index (χ1) is 10.9. The van der Waals surface area contributed by atoms with E-state index in [4.69, 9.17) is 14.4 Å². The largest absolute Gasteiger partial charge is 0.495 e. The minimum absolute atomic E-state index is 0.151. The predicted molar refractivity (Wildman–Crippen MR) is 95.8 cm³/mol. The van der Waals surface area contributed by atoms with Gasteiger partial charge in [-0.05, 0) is 51.0 Å². The minimum Gasteiger partial charge on any atom is -0.399 e. The highest BCUT2D eigenvalue weighted by molar-refractivity contribution is 7.89. The van der Waals surface area contributed by atoms with Crippen LogP contribution in [0.25, 0.3) is 10.8 Å². The molecule has 0 bridgehead atoms. The van der Waals surface area contributed by atoms with Crippen molar-refractivity contribution < 1.29 is 17.7 Å². The topological polar surface area (TPSA) is 78.6 Å². The van der Waals surface area contributed by atoms with Crippen molar-refractivity contribution in [3.63, 3.8) is 0 Å². The normalized spacial score (nSPS) is 19.8. The summed E-state index contributed by atoms with van der Waals surface area (Å²) in [5, 5.41) is 6.78. The first-order valence-corrected chi connectivity index (χ1v) is 9.39. The fraction of sp³-hybridized carbons (Fsp3) is 0.412. The lowest BCUT2D eigenvalue weighted by Gasteiger charge is -2.32. The van der Waals surface area contributed by atoms with Crippen LogP contribution in [0.3, 0.4) is 0 Å². The molecule has 1 aliphatic heterocycles. The Morgan fingerprint density at radius 3 is 2.08 bits per heavy atom. The van der Waals surface area contributed by atoms with Crippen molar-refractivity contribution >= 4 is 33.4 Å². The number of benzene rings is 2. The number of aryl methyl sites for hydroxylation is 1. The van der Waals surface area contributed by atoms with Gasteiger partial charge in [0.25, 0.3) is 0 Å². The molecule has 3 rings (SSSR count). The van der Waals surface area contributed by atoms with Gasteiger partial charge in [0.15, 0.2) is 0 Å². The molecule has 5 nitrogen and oxygen atoms in total. The zero-order valence-corrected chi connectivity index (χ0v) is 15.4. The third-order valence-electron chi connectivity index (χ3n) is 5.03. The SMILES string of the molecule is Cc1ccc2c(B3OC(C)(C)C(C)(C)O3)cccc2c1S(N)(=O)=O. The highest BCUT2D eigenvalue weighted by Crippen LogP contribution is 2.37. The van der Waals surface area contributed by atoms with Crippen molar-refractivity contribution in [1.82, 2.24) is 0 Å². The zero-order chi connectivity index (χ0) is 17.9. The van der Waals surface area contributed by atoms with Crippen LogP contribution in [0.2, 0.25) is 0 Å². The van der Waals surface area contributed by atoms with E-state index in [2.05, 4.69) is 0 Å². The number of fused-ring (bicyclic) bond motifs is 1. The average Bonchev–Trinajstić information content (AvgIpc) is 2.64. The van der Waals surface area contributed by atoms with Crippen LogP contribution >= 0.6 is 0 Å². The van der Waals surface area contributed by atoms with Gasteiger partial charge in [0, 0.05) is 5.39 Å². The van der Waals surface area contributed by atoms with Crippen LogP contribution in [0.15, 0.2) is 35.2 Å². The Morgan fingerprint density at radius 1 is 0.958 bits per heavy atom. The molecule has 0 spiro atoms. The summed E-state index contributed by atoms with van der Waals surface area (Å²) >= 11 is 0. The second-order valence-electron chi connectivity index (χ2n) is 7.29. The maximum atomic E-state index is 12.0. The Balaban J connectivity index is 2.23. The van der Waals surface area contributed by atoms with E-state index in [1.807, 2.05) is 39.8 Å². The number of hydrogen-bond donors (Lipinski definition) is 1. The maximum absolute atomic E-state index is 12.0. The quantitative estimate of drug-likeness (QED) is 0.844. The smallest absolute Gasteiger partial charge is 0.399 e. The first-order valence-electron chi connectivity index (χ1n) is 7.85. The number of hydrogen-bond acceptors (Lipinski definition) is 4. The Morgan fingerprint density at radius 2 is 1.54 bits per heavy atom. The summed E-state index contributed by atoms with van der Waals surface area (Å²) in [5.74, 6) is 0. The Labute approximate surface area is 143 Å². The monoisotopic (exact) mass is 347 g/mol. The summed E-state index contributed by atoms with van der Waals surface area (Å²) in [6.07, 6.45) is 0. The molecule has 0 aromatic heterocycles. The number of primary sulfonamides is 1. The van der Waals surface area contributed by atoms with Crippen LogP contribution in [-0.4, -0.2) is 26.7 Å². The molecule has 0 aliphatic carbocycles. The fourth-order valence-electron chi connectivity index (χ4n) is 3.02. The molecule has 0 radical (unpaired) electrons. The summed E-state index contributed by atoms with van der Waals surface area (Å²) in [6, 6.07) is 9.11. The van der Waals surface area contributed by atoms with Gasteiger partial charge in [-0.3, -0.25) is 0 Å². The highest BCUT2D eigenvalue weighted by Gasteiger charge is 2.52. The molecule has 2 aromatic carbocycles. The van der Waals surface area contributed by atoms with Gasteiger partial charge in [-0.25, -0.2) is 13.6 Å². The lowest BCUT2D eigenvalue weighted by Crippen LogP contribution is -2.41. The van der Waals surface area contributed by atoms with Crippen molar-refractivity contribution in [3.8, 4) is 0 Å². The molecule has 0 saturated carbocycles. The second kappa shape index (κ2) is 5.29. The molecular formula is C17H22BNO4S. The number of nitrogens with two attached hydrogens (primary N) is 1. The standard InChI is InChI=1S/C17H22BNO4S/c1-11-9-10-12-13(15(11)24(19,20)21)7-6-8-14(12)18-22-16(2,3)17(4,5)23-18/h6-10H,1-5H3,(H2,19,20,21). The van der Waals surface area contributed by atoms with Crippen LogP contribution < -0.4 is 10.6 Å². The molecule has 2 aromatic rings. The van der Waals surface area contributed by atoms with Gasteiger partial charge in [-0.15, -0.1) is 0 Å². The molecule has 1 heterocycles. The van der Waals surface area contributed by atoms with Gasteiger partial charge >= 0.3 is 7.12 Å². The minimum atomic E-state index is -3.83. The third kappa shape index (κ3) is 2.65. The van der Waals surface area contributed by atoms with Crippen molar-refractivity contribution in [2.24, 2.45) is 5.14 Å². The molecule has 1 fully saturated rings. The summed E-state index contributed by atoms with van der Waals surface area (Å²) in [6.45, 7) is 9.67. The predicted octanol–water partition coefficient (Wildman–Crippen LogP) is 2.09. The van der Waals surface area contributed by atoms with E-state index in [1.54, 1.807) is 25.1 Å². The molecule has 0 atom stereocenters. The molecule has 7 heteroatoms. The molecule has 2 N–H and O–H groups in total. The molecule has 0 amide bonds. The molecule has 1 aliphatic rings. The summed E-state index contributed by atoms with van der Waals surface area (Å²) in [5.41, 5.74) is 0.493. The Kier molecular flexibility index (Phi) is 3.84. The van der Waals surface area contributed by atoms with Gasteiger partial charge < -0.3 is 9.31 Å². The van der Waals surface area contributed by atoms with Gasteiger partial charge in [-0.2, -0.15) is 0 Å². The van der Waals surface area contributed by atoms with Crippen LogP contribution in [0.5, 0.6) is 0 Å².